The number of hydrogen-bond acceptors (Lipinski definition) is 0. The molecule has 0 aliphatic carbocycles. The van der Waals surface area contributed by atoms with Crippen molar-refractivity contribution < 1.29 is 123 Å². The summed E-state index contributed by atoms with van der Waals surface area (Å²) in [5, 5.41) is 0. The molecule has 0 aliphatic heterocycles. The predicted molar refractivity (Wildman–Crippen MR) is 66.5 cm³/mol. The van der Waals surface area contributed by atoms with Crippen molar-refractivity contribution in [3.8, 4) is 0 Å². The van der Waals surface area contributed by atoms with Gasteiger partial charge < -0.3 is 0 Å². The molecule has 0 nitrogen and oxygen atoms in total. The van der Waals surface area contributed by atoms with E-state index in [0.717, 1.165) is 0 Å². The molecule has 0 spiro atoms. The SMILES string of the molecule is FC(F)(F)C(F)(F)C(F)(F)C(F)(F)C(F)(F)C(F)(F)C(F)(F)C(F)(F)C(F)(F)C(F)(F)C(F)(F)C(F)(F)C(F)(F)F. The lowest BCUT2D eigenvalue weighted by molar-refractivity contribution is -0.487. The zero-order chi connectivity index (χ0) is 34.5. The van der Waals surface area contributed by atoms with Crippen molar-refractivity contribution in [1.82, 2.24) is 0 Å². The summed E-state index contributed by atoms with van der Waals surface area (Å²) < 4.78 is 360. The minimum absolute atomic E-state index is 8.25. The highest BCUT2D eigenvalue weighted by Gasteiger charge is 3.00. The lowest BCUT2D eigenvalue weighted by atomic mass is 9.84. The Morgan fingerprint density at radius 2 is 0.195 bits per heavy atom. The van der Waals surface area contributed by atoms with Crippen molar-refractivity contribution in [3.63, 3.8) is 0 Å². The van der Waals surface area contributed by atoms with E-state index in [1.807, 2.05) is 0 Å². The molecule has 0 N–H and O–H groups in total. The Labute approximate surface area is 202 Å². The molecule has 0 heterocycles. The molecule has 0 aromatic heterocycles. The van der Waals surface area contributed by atoms with Gasteiger partial charge in [0, 0.05) is 0 Å². The molecule has 28 heteroatoms. The van der Waals surface area contributed by atoms with Crippen LogP contribution in [0.25, 0.3) is 0 Å². The first-order chi connectivity index (χ1) is 17.0. The molecule has 0 saturated carbocycles. The van der Waals surface area contributed by atoms with E-state index in [-0.39, 0.29) is 0 Å². The van der Waals surface area contributed by atoms with Gasteiger partial charge in [-0.15, -0.1) is 0 Å². The molecule has 0 atom stereocenters. The van der Waals surface area contributed by atoms with Crippen molar-refractivity contribution >= 4 is 0 Å². The van der Waals surface area contributed by atoms with Crippen molar-refractivity contribution in [2.75, 3.05) is 0 Å². The molecule has 248 valence electrons. The highest BCUT2D eigenvalue weighted by Crippen LogP contribution is 2.68. The topological polar surface area (TPSA) is 0 Å². The summed E-state index contributed by atoms with van der Waals surface area (Å²) in [7, 11) is 0. The number of rotatable bonds is 10. The maximum Gasteiger partial charge on any atom is 0.460 e. The predicted octanol–water partition coefficient (Wildman–Crippen LogP) is 9.10. The van der Waals surface area contributed by atoms with Crippen LogP contribution in [-0.4, -0.2) is 77.5 Å². The third-order valence-electron chi connectivity index (χ3n) is 4.66. The van der Waals surface area contributed by atoms with Crippen molar-refractivity contribution in [2.24, 2.45) is 0 Å². The molecular formula is C13F28. The number of hydrogen-bond donors (Lipinski definition) is 0. The summed E-state index contributed by atoms with van der Waals surface area (Å²) >= 11 is 0. The Bertz CT molecular complexity index is 878. The lowest BCUT2D eigenvalue weighted by Crippen LogP contribution is -2.78. The van der Waals surface area contributed by atoms with Crippen molar-refractivity contribution in [2.45, 2.75) is 77.5 Å². The van der Waals surface area contributed by atoms with Gasteiger partial charge in [-0.25, -0.2) is 0 Å². The van der Waals surface area contributed by atoms with Crippen LogP contribution in [0.5, 0.6) is 0 Å². The lowest BCUT2D eigenvalue weighted by Gasteiger charge is -2.45. The van der Waals surface area contributed by atoms with E-state index >= 15 is 0 Å². The Kier molecular flexibility index (Phi) is 8.59. The van der Waals surface area contributed by atoms with E-state index in [2.05, 4.69) is 0 Å². The highest BCUT2D eigenvalue weighted by atomic mass is 19.4. The molecular weight excluding hydrogens is 688 g/mol. The normalized spacial score (nSPS) is 17.3. The molecule has 0 saturated heterocycles. The maximum atomic E-state index is 13.4. The molecule has 0 aromatic carbocycles. The van der Waals surface area contributed by atoms with Gasteiger partial charge in [0.15, 0.2) is 0 Å². The Morgan fingerprint density at radius 3 is 0.268 bits per heavy atom. The van der Waals surface area contributed by atoms with E-state index in [4.69, 9.17) is 0 Å². The Morgan fingerprint density at radius 1 is 0.122 bits per heavy atom. The third kappa shape index (κ3) is 4.39. The molecule has 0 aromatic rings. The molecule has 0 unspecified atom stereocenters. The van der Waals surface area contributed by atoms with Gasteiger partial charge >= 0.3 is 77.5 Å². The summed E-state index contributed by atoms with van der Waals surface area (Å²) in [6, 6.07) is 0. The average Bonchev–Trinajstić information content (AvgIpc) is 2.70. The van der Waals surface area contributed by atoms with E-state index in [1.54, 1.807) is 0 Å². The first-order valence-electron chi connectivity index (χ1n) is 8.29. The van der Waals surface area contributed by atoms with Gasteiger partial charge in [0.25, 0.3) is 0 Å². The fourth-order valence-corrected chi connectivity index (χ4v) is 2.13. The monoisotopic (exact) mass is 688 g/mol. The third-order valence-corrected chi connectivity index (χ3v) is 4.66. The minimum Gasteiger partial charge on any atom is -0.192 e. The Hall–Kier alpha value is -1.96. The van der Waals surface area contributed by atoms with E-state index in [1.165, 1.54) is 0 Å². The van der Waals surface area contributed by atoms with Gasteiger partial charge in [-0.05, 0) is 0 Å². The van der Waals surface area contributed by atoms with E-state index < -0.39 is 77.5 Å². The zero-order valence-corrected chi connectivity index (χ0v) is 17.1. The fourth-order valence-electron chi connectivity index (χ4n) is 2.13. The van der Waals surface area contributed by atoms with Gasteiger partial charge in [-0.1, -0.05) is 0 Å². The summed E-state index contributed by atoms with van der Waals surface area (Å²) in [5.74, 6) is -104. The van der Waals surface area contributed by atoms with Crippen LogP contribution in [0, 0.1) is 0 Å². The largest absolute Gasteiger partial charge is 0.460 e. The Balaban J connectivity index is 7.41. The smallest absolute Gasteiger partial charge is 0.192 e. The van der Waals surface area contributed by atoms with Crippen LogP contribution in [0.15, 0.2) is 0 Å². The molecule has 0 fully saturated rings. The fraction of sp³-hybridized carbons (Fsp3) is 1.00. The second-order valence-electron chi connectivity index (χ2n) is 7.31. The van der Waals surface area contributed by atoms with Crippen LogP contribution in [0.4, 0.5) is 123 Å². The standard InChI is InChI=1S/C13F28/c14-1(15,2(16,17)4(20,21)6(24,25)8(28,29)10(32,33)12(36,37)38)3(18,19)5(22,23)7(26,27)9(30,31)11(34,35)13(39,40)41. The summed E-state index contributed by atoms with van der Waals surface area (Å²) in [6.45, 7) is 0. The van der Waals surface area contributed by atoms with Gasteiger partial charge in [-0.3, -0.25) is 0 Å². The quantitative estimate of drug-likeness (QED) is 0.201. The zero-order valence-electron chi connectivity index (χ0n) is 17.1. The van der Waals surface area contributed by atoms with Crippen molar-refractivity contribution in [1.29, 1.82) is 0 Å². The molecule has 0 radical (unpaired) electrons. The van der Waals surface area contributed by atoms with Crippen LogP contribution in [-0.2, 0) is 0 Å². The molecule has 0 bridgehead atoms. The van der Waals surface area contributed by atoms with E-state index in [9.17, 15) is 123 Å². The molecule has 41 heavy (non-hydrogen) atoms. The summed E-state index contributed by atoms with van der Waals surface area (Å²) in [4.78, 5) is 0. The van der Waals surface area contributed by atoms with Gasteiger partial charge in [-0.2, -0.15) is 123 Å². The second kappa shape index (κ2) is 9.03. The second-order valence-corrected chi connectivity index (χ2v) is 7.31. The summed E-state index contributed by atoms with van der Waals surface area (Å²) in [5.41, 5.74) is 0. The van der Waals surface area contributed by atoms with Gasteiger partial charge in [0.2, 0.25) is 0 Å². The first kappa shape index (κ1) is 39.0. The summed E-state index contributed by atoms with van der Waals surface area (Å²) in [6.07, 6.45) is -16.5. The molecule has 0 rings (SSSR count). The van der Waals surface area contributed by atoms with Gasteiger partial charge in [0.05, 0.1) is 0 Å². The number of halogens is 28. The van der Waals surface area contributed by atoms with Crippen molar-refractivity contribution in [3.05, 3.63) is 0 Å². The highest BCUT2D eigenvalue weighted by molar-refractivity contribution is 5.20. The van der Waals surface area contributed by atoms with Crippen LogP contribution >= 0.6 is 0 Å². The average molecular weight is 688 g/mol. The maximum absolute atomic E-state index is 13.4. The minimum atomic E-state index is -9.83. The number of alkyl halides is 28. The van der Waals surface area contributed by atoms with Crippen LogP contribution < -0.4 is 0 Å². The van der Waals surface area contributed by atoms with Crippen LogP contribution in [0.1, 0.15) is 0 Å². The molecule has 0 amide bonds. The van der Waals surface area contributed by atoms with Gasteiger partial charge in [0.1, 0.15) is 0 Å². The van der Waals surface area contributed by atoms with E-state index in [0.29, 0.717) is 0 Å². The first-order valence-corrected chi connectivity index (χ1v) is 8.29. The van der Waals surface area contributed by atoms with Crippen LogP contribution in [0.3, 0.4) is 0 Å². The molecule has 0 aliphatic rings. The van der Waals surface area contributed by atoms with Crippen LogP contribution in [0.2, 0.25) is 0 Å².